The molecule has 0 atom stereocenters. The van der Waals surface area contributed by atoms with Crippen LogP contribution in [0.4, 0.5) is 0 Å². The summed E-state index contributed by atoms with van der Waals surface area (Å²) in [5.74, 6) is -0.159. The minimum atomic E-state index is -0.159. The fourth-order valence-electron chi connectivity index (χ4n) is 0.584. The Hall–Kier alpha value is -1.38. The highest BCUT2D eigenvalue weighted by Crippen LogP contribution is 1.91. The highest BCUT2D eigenvalue weighted by atomic mass is 16.1. The summed E-state index contributed by atoms with van der Waals surface area (Å²) in [5.41, 5.74) is 0.463. The van der Waals surface area contributed by atoms with Gasteiger partial charge in [-0.25, -0.2) is 0 Å². The third kappa shape index (κ3) is 1.31. The Morgan fingerprint density at radius 1 is 1.80 bits per heavy atom. The van der Waals surface area contributed by atoms with Crippen LogP contribution in [-0.2, 0) is 0 Å². The van der Waals surface area contributed by atoms with E-state index in [1.807, 2.05) is 0 Å². The molecule has 0 saturated carbocycles. The number of nitrogens with zero attached hydrogens (tertiary/aromatic N) is 1. The first-order valence-corrected chi connectivity index (χ1v) is 2.88. The third-order valence-corrected chi connectivity index (χ3v) is 1.07. The van der Waals surface area contributed by atoms with E-state index >= 15 is 0 Å². The molecule has 1 amide bonds. The normalized spacial score (nSPS) is 8.90. The first-order valence-electron chi connectivity index (χ1n) is 2.88. The summed E-state index contributed by atoms with van der Waals surface area (Å²) in [6.07, 6.45) is 3.05. The van der Waals surface area contributed by atoms with Crippen LogP contribution in [0.15, 0.2) is 18.5 Å². The van der Waals surface area contributed by atoms with Crippen molar-refractivity contribution in [3.05, 3.63) is 30.1 Å². The Morgan fingerprint density at radius 2 is 2.60 bits per heavy atom. The van der Waals surface area contributed by atoms with Gasteiger partial charge in [0.05, 0.1) is 5.56 Å². The molecule has 0 aromatic carbocycles. The van der Waals surface area contributed by atoms with Crippen LogP contribution in [0.5, 0.6) is 0 Å². The lowest BCUT2D eigenvalue weighted by Gasteiger charge is -1.94. The predicted molar refractivity (Wildman–Crippen MR) is 36.5 cm³/mol. The molecular formula is C7H7N2O. The van der Waals surface area contributed by atoms with Gasteiger partial charge < -0.3 is 5.32 Å². The van der Waals surface area contributed by atoms with E-state index in [9.17, 15) is 4.79 Å². The van der Waals surface area contributed by atoms with Crippen LogP contribution in [0.1, 0.15) is 10.4 Å². The first-order chi connectivity index (χ1) is 4.84. The maximum atomic E-state index is 10.8. The van der Waals surface area contributed by atoms with Crippen LogP contribution in [0.3, 0.4) is 0 Å². The molecule has 0 unspecified atom stereocenters. The molecule has 0 aliphatic heterocycles. The molecule has 3 nitrogen and oxygen atoms in total. The van der Waals surface area contributed by atoms with E-state index in [2.05, 4.69) is 16.4 Å². The SMILES string of the molecule is CNC(=O)c1[c]ccnc1. The molecule has 1 heterocycles. The Labute approximate surface area is 59.1 Å². The maximum Gasteiger partial charge on any atom is 0.253 e. The van der Waals surface area contributed by atoms with Gasteiger partial charge in [0.15, 0.2) is 0 Å². The number of carbonyl (C=O) groups is 1. The van der Waals surface area contributed by atoms with Crippen LogP contribution in [0.25, 0.3) is 0 Å². The molecule has 1 aromatic rings. The number of carbonyl (C=O) groups excluding carboxylic acids is 1. The quantitative estimate of drug-likeness (QED) is 0.599. The van der Waals surface area contributed by atoms with Gasteiger partial charge in [0, 0.05) is 19.4 Å². The van der Waals surface area contributed by atoms with E-state index in [1.165, 1.54) is 6.20 Å². The Morgan fingerprint density at radius 3 is 3.10 bits per heavy atom. The summed E-state index contributed by atoms with van der Waals surface area (Å²) in [6, 6.07) is 4.35. The number of aromatic nitrogens is 1. The van der Waals surface area contributed by atoms with Crippen molar-refractivity contribution >= 4 is 5.91 Å². The van der Waals surface area contributed by atoms with Gasteiger partial charge in [-0.15, -0.1) is 0 Å². The summed E-state index contributed by atoms with van der Waals surface area (Å²) in [4.78, 5) is 14.6. The molecule has 0 fully saturated rings. The Kier molecular flexibility index (Phi) is 1.99. The highest BCUT2D eigenvalue weighted by Gasteiger charge is 1.99. The Bertz CT molecular complexity index is 220. The molecule has 1 N–H and O–H groups in total. The second kappa shape index (κ2) is 2.96. The molecule has 1 radical (unpaired) electrons. The summed E-state index contributed by atoms with van der Waals surface area (Å²) < 4.78 is 0. The largest absolute Gasteiger partial charge is 0.355 e. The van der Waals surface area contributed by atoms with Gasteiger partial charge >= 0.3 is 0 Å². The summed E-state index contributed by atoms with van der Waals surface area (Å²) in [7, 11) is 1.57. The number of hydrogen-bond donors (Lipinski definition) is 1. The first kappa shape index (κ1) is 6.74. The molecule has 3 heteroatoms. The van der Waals surface area contributed by atoms with E-state index in [0.29, 0.717) is 5.56 Å². The molecule has 0 bridgehead atoms. The van der Waals surface area contributed by atoms with Gasteiger partial charge in [0.1, 0.15) is 0 Å². The molecule has 10 heavy (non-hydrogen) atoms. The molecule has 0 spiro atoms. The van der Waals surface area contributed by atoms with Crippen molar-refractivity contribution in [3.63, 3.8) is 0 Å². The van der Waals surface area contributed by atoms with Crippen molar-refractivity contribution in [2.24, 2.45) is 0 Å². The van der Waals surface area contributed by atoms with Gasteiger partial charge in [-0.05, 0) is 12.1 Å². The lowest BCUT2D eigenvalue weighted by molar-refractivity contribution is 0.0962. The fraction of sp³-hybridized carbons (Fsp3) is 0.143. The molecule has 0 aliphatic rings. The van der Waals surface area contributed by atoms with Crippen molar-refractivity contribution < 1.29 is 4.79 Å². The number of hydrogen-bond acceptors (Lipinski definition) is 2. The van der Waals surface area contributed by atoms with E-state index in [1.54, 1.807) is 19.3 Å². The summed E-state index contributed by atoms with van der Waals surface area (Å²) in [6.45, 7) is 0. The third-order valence-electron chi connectivity index (χ3n) is 1.07. The maximum absolute atomic E-state index is 10.8. The summed E-state index contributed by atoms with van der Waals surface area (Å²) in [5, 5.41) is 2.47. The van der Waals surface area contributed by atoms with Gasteiger partial charge in [0.2, 0.25) is 0 Å². The highest BCUT2D eigenvalue weighted by molar-refractivity contribution is 5.93. The van der Waals surface area contributed by atoms with Crippen molar-refractivity contribution in [1.29, 1.82) is 0 Å². The lowest BCUT2D eigenvalue weighted by Crippen LogP contribution is -2.17. The number of pyridine rings is 1. The van der Waals surface area contributed by atoms with Crippen molar-refractivity contribution in [2.75, 3.05) is 7.05 Å². The van der Waals surface area contributed by atoms with Crippen molar-refractivity contribution in [3.8, 4) is 0 Å². The molecule has 0 saturated heterocycles. The number of amides is 1. The number of rotatable bonds is 1. The van der Waals surface area contributed by atoms with Gasteiger partial charge in [-0.2, -0.15) is 0 Å². The monoisotopic (exact) mass is 135 g/mol. The van der Waals surface area contributed by atoms with Crippen LogP contribution in [-0.4, -0.2) is 17.9 Å². The zero-order chi connectivity index (χ0) is 7.40. The number of nitrogens with one attached hydrogen (secondary N) is 1. The molecule has 1 rings (SSSR count). The standard InChI is InChI=1S/C7H7N2O/c1-8-7(10)6-3-2-4-9-5-6/h2,4-5H,1H3,(H,8,10). The van der Waals surface area contributed by atoms with Crippen molar-refractivity contribution in [1.82, 2.24) is 10.3 Å². The van der Waals surface area contributed by atoms with E-state index in [4.69, 9.17) is 0 Å². The van der Waals surface area contributed by atoms with E-state index in [0.717, 1.165) is 0 Å². The van der Waals surface area contributed by atoms with Gasteiger partial charge in [-0.3, -0.25) is 9.78 Å². The van der Waals surface area contributed by atoms with E-state index in [-0.39, 0.29) is 5.91 Å². The van der Waals surface area contributed by atoms with Crippen LogP contribution >= 0.6 is 0 Å². The molecular weight excluding hydrogens is 128 g/mol. The lowest BCUT2D eigenvalue weighted by atomic mass is 10.3. The average Bonchev–Trinajstić information content (AvgIpc) is 2.05. The topological polar surface area (TPSA) is 42.0 Å². The molecule has 0 aliphatic carbocycles. The zero-order valence-corrected chi connectivity index (χ0v) is 5.59. The van der Waals surface area contributed by atoms with Gasteiger partial charge in [0.25, 0.3) is 5.91 Å². The average molecular weight is 135 g/mol. The molecule has 51 valence electrons. The van der Waals surface area contributed by atoms with E-state index < -0.39 is 0 Å². The second-order valence-electron chi connectivity index (χ2n) is 1.73. The predicted octanol–water partition coefficient (Wildman–Crippen LogP) is 0.241. The second-order valence-corrected chi connectivity index (χ2v) is 1.73. The zero-order valence-electron chi connectivity index (χ0n) is 5.59. The van der Waals surface area contributed by atoms with Gasteiger partial charge in [-0.1, -0.05) is 0 Å². The Balaban J connectivity index is 2.85. The minimum Gasteiger partial charge on any atom is -0.355 e. The molecule has 1 aromatic heterocycles. The van der Waals surface area contributed by atoms with Crippen LogP contribution in [0.2, 0.25) is 0 Å². The van der Waals surface area contributed by atoms with Crippen LogP contribution < -0.4 is 5.32 Å². The van der Waals surface area contributed by atoms with Crippen molar-refractivity contribution in [2.45, 2.75) is 0 Å². The summed E-state index contributed by atoms with van der Waals surface area (Å²) >= 11 is 0. The minimum absolute atomic E-state index is 0.159. The fourth-order valence-corrected chi connectivity index (χ4v) is 0.584. The smallest absolute Gasteiger partial charge is 0.253 e. The van der Waals surface area contributed by atoms with Crippen LogP contribution in [0, 0.1) is 6.07 Å².